The Bertz CT molecular complexity index is 660. The van der Waals surface area contributed by atoms with E-state index in [1.807, 2.05) is 0 Å². The van der Waals surface area contributed by atoms with Gasteiger partial charge in [-0.05, 0) is 55.4 Å². The van der Waals surface area contributed by atoms with E-state index in [2.05, 4.69) is 5.32 Å². The van der Waals surface area contributed by atoms with Crippen LogP contribution >= 0.6 is 0 Å². The fourth-order valence-electron chi connectivity index (χ4n) is 4.50. The highest BCUT2D eigenvalue weighted by atomic mass is 19.1. The summed E-state index contributed by atoms with van der Waals surface area (Å²) in [4.78, 5) is 38.2. The summed E-state index contributed by atoms with van der Waals surface area (Å²) in [6.45, 7) is -0.262. The third-order valence-corrected chi connectivity index (χ3v) is 5.45. The van der Waals surface area contributed by atoms with Crippen LogP contribution < -0.4 is 5.32 Å². The smallest absolute Gasteiger partial charge is 0.244 e. The molecule has 1 heterocycles. The average molecular weight is 316 g/mol. The number of amides is 3. The standard InChI is InChI=1S/C17H17FN2O3/c18-11-3-5-12(6-4-11)19-13(21)8-20-16(22)14-9-1-2-10(7-9)15(14)17(20)23/h3-6,9-10,14-15H,1-2,7-8H2,(H,19,21)/t9-,10-,14+,15+/m1/s1. The lowest BCUT2D eigenvalue weighted by Gasteiger charge is -2.19. The Kier molecular flexibility index (Phi) is 3.21. The molecule has 1 N–H and O–H groups in total. The maximum Gasteiger partial charge on any atom is 0.244 e. The Morgan fingerprint density at radius 1 is 1.09 bits per heavy atom. The van der Waals surface area contributed by atoms with E-state index < -0.39 is 11.7 Å². The van der Waals surface area contributed by atoms with Gasteiger partial charge >= 0.3 is 0 Å². The molecule has 3 fully saturated rings. The largest absolute Gasteiger partial charge is 0.325 e. The lowest BCUT2D eigenvalue weighted by Crippen LogP contribution is -2.39. The second-order valence-corrected chi connectivity index (χ2v) is 6.70. The Hall–Kier alpha value is -2.24. The number of carbonyl (C=O) groups excluding carboxylic acids is 3. The molecule has 120 valence electrons. The van der Waals surface area contributed by atoms with Gasteiger partial charge in [0.25, 0.3) is 0 Å². The molecule has 0 radical (unpaired) electrons. The zero-order valence-electron chi connectivity index (χ0n) is 12.5. The maximum absolute atomic E-state index is 12.9. The van der Waals surface area contributed by atoms with E-state index in [9.17, 15) is 18.8 Å². The van der Waals surface area contributed by atoms with E-state index in [0.29, 0.717) is 17.5 Å². The number of nitrogens with zero attached hydrogens (tertiary/aromatic N) is 1. The minimum atomic E-state index is -0.439. The van der Waals surface area contributed by atoms with Crippen LogP contribution in [0.15, 0.2) is 24.3 Å². The van der Waals surface area contributed by atoms with Crippen molar-refractivity contribution in [1.82, 2.24) is 4.90 Å². The zero-order valence-corrected chi connectivity index (χ0v) is 12.5. The van der Waals surface area contributed by atoms with Crippen LogP contribution in [-0.2, 0) is 14.4 Å². The molecular formula is C17H17FN2O3. The number of carbonyl (C=O) groups is 3. The molecule has 1 saturated heterocycles. The van der Waals surface area contributed by atoms with Crippen LogP contribution in [0.5, 0.6) is 0 Å². The highest BCUT2D eigenvalue weighted by molar-refractivity contribution is 6.09. The summed E-state index contributed by atoms with van der Waals surface area (Å²) in [6, 6.07) is 5.36. The first-order chi connectivity index (χ1) is 11.0. The molecule has 6 heteroatoms. The van der Waals surface area contributed by atoms with E-state index in [1.165, 1.54) is 24.3 Å². The van der Waals surface area contributed by atoms with Gasteiger partial charge in [-0.15, -0.1) is 0 Å². The summed E-state index contributed by atoms with van der Waals surface area (Å²) in [7, 11) is 0. The highest BCUT2D eigenvalue weighted by Crippen LogP contribution is 2.56. The number of halogens is 1. The molecule has 1 aliphatic heterocycles. The number of benzene rings is 1. The second kappa shape index (κ2) is 5.15. The van der Waals surface area contributed by atoms with E-state index in [0.717, 1.165) is 24.2 Å². The number of rotatable bonds is 3. The molecule has 4 atom stereocenters. The van der Waals surface area contributed by atoms with Crippen LogP contribution in [0.25, 0.3) is 0 Å². The van der Waals surface area contributed by atoms with Gasteiger partial charge in [0, 0.05) is 5.69 Å². The molecule has 23 heavy (non-hydrogen) atoms. The third-order valence-electron chi connectivity index (χ3n) is 5.45. The molecule has 3 aliphatic rings. The van der Waals surface area contributed by atoms with Crippen molar-refractivity contribution in [1.29, 1.82) is 0 Å². The molecule has 5 nitrogen and oxygen atoms in total. The van der Waals surface area contributed by atoms with Gasteiger partial charge in [-0.1, -0.05) is 0 Å². The Morgan fingerprint density at radius 3 is 2.22 bits per heavy atom. The van der Waals surface area contributed by atoms with Crippen molar-refractivity contribution in [3.8, 4) is 0 Å². The van der Waals surface area contributed by atoms with E-state index in [4.69, 9.17) is 0 Å². The second-order valence-electron chi connectivity index (χ2n) is 6.70. The van der Waals surface area contributed by atoms with Crippen molar-refractivity contribution in [3.63, 3.8) is 0 Å². The number of nitrogens with one attached hydrogen (secondary N) is 1. The van der Waals surface area contributed by atoms with Crippen LogP contribution in [0.1, 0.15) is 19.3 Å². The molecule has 4 rings (SSSR count). The number of likely N-dealkylation sites (tertiary alicyclic amines) is 1. The van der Waals surface area contributed by atoms with Gasteiger partial charge in [0.1, 0.15) is 12.4 Å². The van der Waals surface area contributed by atoms with Crippen molar-refractivity contribution in [3.05, 3.63) is 30.1 Å². The van der Waals surface area contributed by atoms with Crippen molar-refractivity contribution < 1.29 is 18.8 Å². The van der Waals surface area contributed by atoms with Crippen molar-refractivity contribution in [2.45, 2.75) is 19.3 Å². The molecule has 1 aromatic carbocycles. The lowest BCUT2D eigenvalue weighted by molar-refractivity contribution is -0.143. The predicted octanol–water partition coefficient (Wildman–Crippen LogP) is 1.80. The Labute approximate surface area is 132 Å². The van der Waals surface area contributed by atoms with Gasteiger partial charge in [0.15, 0.2) is 0 Å². The number of hydrogen-bond acceptors (Lipinski definition) is 3. The lowest BCUT2D eigenvalue weighted by atomic mass is 9.81. The van der Waals surface area contributed by atoms with Crippen LogP contribution in [0, 0.1) is 29.5 Å². The van der Waals surface area contributed by atoms with Gasteiger partial charge < -0.3 is 5.32 Å². The van der Waals surface area contributed by atoms with E-state index >= 15 is 0 Å². The van der Waals surface area contributed by atoms with Gasteiger partial charge in [0.05, 0.1) is 11.8 Å². The number of imide groups is 1. The molecule has 1 aromatic rings. The first-order valence-electron chi connectivity index (χ1n) is 7.95. The molecule has 0 spiro atoms. The van der Waals surface area contributed by atoms with E-state index in [-0.39, 0.29) is 30.2 Å². The fraction of sp³-hybridized carbons (Fsp3) is 0.471. The molecular weight excluding hydrogens is 299 g/mol. The number of anilines is 1. The highest BCUT2D eigenvalue weighted by Gasteiger charge is 2.60. The summed E-state index contributed by atoms with van der Waals surface area (Å²) in [5.41, 5.74) is 0.441. The summed E-state index contributed by atoms with van der Waals surface area (Å²) in [5.74, 6) is -1.01. The minimum absolute atomic E-state index is 0.193. The molecule has 0 aromatic heterocycles. The topological polar surface area (TPSA) is 66.5 Å². The third kappa shape index (κ3) is 2.24. The molecule has 3 amide bonds. The van der Waals surface area contributed by atoms with E-state index in [1.54, 1.807) is 0 Å². The average Bonchev–Trinajstić information content (AvgIpc) is 3.19. The zero-order chi connectivity index (χ0) is 16.1. The molecule has 0 unspecified atom stereocenters. The summed E-state index contributed by atoms with van der Waals surface area (Å²) >= 11 is 0. The van der Waals surface area contributed by atoms with Crippen LogP contribution in [-0.4, -0.2) is 29.2 Å². The molecule has 2 bridgehead atoms. The maximum atomic E-state index is 12.9. The van der Waals surface area contributed by atoms with Gasteiger partial charge in [-0.2, -0.15) is 0 Å². The van der Waals surface area contributed by atoms with Gasteiger partial charge in [-0.3, -0.25) is 19.3 Å². The van der Waals surface area contributed by atoms with Crippen LogP contribution in [0.2, 0.25) is 0 Å². The van der Waals surface area contributed by atoms with Crippen molar-refractivity contribution >= 4 is 23.4 Å². The SMILES string of the molecule is O=C(CN1C(=O)[C@H]2[C@@H]3CC[C@H](C3)[C@@H]2C1=O)Nc1ccc(F)cc1. The van der Waals surface area contributed by atoms with Gasteiger partial charge in [-0.25, -0.2) is 4.39 Å². The quantitative estimate of drug-likeness (QED) is 0.865. The Morgan fingerprint density at radius 2 is 1.65 bits per heavy atom. The predicted molar refractivity (Wildman–Crippen MR) is 79.6 cm³/mol. The number of hydrogen-bond donors (Lipinski definition) is 1. The summed E-state index contributed by atoms with van der Waals surface area (Å²) in [6.07, 6.45) is 3.00. The first kappa shape index (κ1) is 14.4. The fourth-order valence-corrected chi connectivity index (χ4v) is 4.50. The normalized spacial score (nSPS) is 31.6. The summed E-state index contributed by atoms with van der Waals surface area (Å²) in [5, 5.41) is 2.59. The monoisotopic (exact) mass is 316 g/mol. The number of fused-ring (bicyclic) bond motifs is 5. The summed E-state index contributed by atoms with van der Waals surface area (Å²) < 4.78 is 12.9. The first-order valence-corrected chi connectivity index (χ1v) is 7.95. The van der Waals surface area contributed by atoms with Crippen LogP contribution in [0.3, 0.4) is 0 Å². The molecule has 2 aliphatic carbocycles. The van der Waals surface area contributed by atoms with Crippen molar-refractivity contribution in [2.75, 3.05) is 11.9 Å². The Balaban J connectivity index is 1.44. The molecule has 2 saturated carbocycles. The van der Waals surface area contributed by atoms with Gasteiger partial charge in [0.2, 0.25) is 17.7 Å². The van der Waals surface area contributed by atoms with Crippen molar-refractivity contribution in [2.24, 2.45) is 23.7 Å². The minimum Gasteiger partial charge on any atom is -0.325 e. The van der Waals surface area contributed by atoms with Crippen LogP contribution in [0.4, 0.5) is 10.1 Å².